The van der Waals surface area contributed by atoms with E-state index in [4.69, 9.17) is 0 Å². The van der Waals surface area contributed by atoms with Crippen molar-refractivity contribution in [2.45, 2.75) is 26.2 Å². The fourth-order valence-electron chi connectivity index (χ4n) is 2.99. The van der Waals surface area contributed by atoms with Crippen molar-refractivity contribution in [1.82, 2.24) is 14.9 Å². The Bertz CT molecular complexity index is 626. The molecular formula is C17H21N3OS. The number of hydrogen-bond donors (Lipinski definition) is 0. The Labute approximate surface area is 135 Å². The summed E-state index contributed by atoms with van der Waals surface area (Å²) in [5.74, 6) is 0.274. The van der Waals surface area contributed by atoms with Crippen molar-refractivity contribution in [2.75, 3.05) is 19.6 Å². The van der Waals surface area contributed by atoms with Crippen LogP contribution in [0.1, 0.15) is 34.0 Å². The van der Waals surface area contributed by atoms with Crippen molar-refractivity contribution in [3.8, 4) is 0 Å². The van der Waals surface area contributed by atoms with Gasteiger partial charge in [0.2, 0.25) is 0 Å². The van der Waals surface area contributed by atoms with Gasteiger partial charge in [-0.2, -0.15) is 0 Å². The molecule has 0 bridgehead atoms. The van der Waals surface area contributed by atoms with E-state index in [1.54, 1.807) is 17.5 Å². The first-order valence-electron chi connectivity index (χ1n) is 7.81. The van der Waals surface area contributed by atoms with E-state index < -0.39 is 0 Å². The molecule has 3 heterocycles. The van der Waals surface area contributed by atoms with Gasteiger partial charge in [0.15, 0.2) is 5.78 Å². The van der Waals surface area contributed by atoms with Crippen molar-refractivity contribution in [3.05, 3.63) is 46.2 Å². The van der Waals surface area contributed by atoms with Gasteiger partial charge in [-0.05, 0) is 38.4 Å². The molecule has 22 heavy (non-hydrogen) atoms. The second kappa shape index (κ2) is 7.11. The van der Waals surface area contributed by atoms with Crippen molar-refractivity contribution in [2.24, 2.45) is 5.92 Å². The zero-order valence-corrected chi connectivity index (χ0v) is 13.7. The van der Waals surface area contributed by atoms with E-state index in [9.17, 15) is 4.79 Å². The number of rotatable bonds is 5. The van der Waals surface area contributed by atoms with Crippen LogP contribution in [0.25, 0.3) is 0 Å². The number of pyridine rings is 1. The molecule has 1 saturated heterocycles. The molecule has 1 aliphatic rings. The van der Waals surface area contributed by atoms with Gasteiger partial charge in [-0.15, -0.1) is 11.3 Å². The van der Waals surface area contributed by atoms with E-state index in [0.29, 0.717) is 5.69 Å². The molecule has 5 heteroatoms. The fraction of sp³-hybridized carbons (Fsp3) is 0.471. The second-order valence-electron chi connectivity index (χ2n) is 5.83. The highest BCUT2D eigenvalue weighted by Crippen LogP contribution is 2.20. The first-order chi connectivity index (χ1) is 10.7. The van der Waals surface area contributed by atoms with E-state index in [2.05, 4.69) is 20.2 Å². The first kappa shape index (κ1) is 15.3. The highest BCUT2D eigenvalue weighted by molar-refractivity contribution is 7.09. The molecule has 1 fully saturated rings. The Morgan fingerprint density at radius 1 is 1.45 bits per heavy atom. The van der Waals surface area contributed by atoms with E-state index in [1.807, 2.05) is 25.1 Å². The van der Waals surface area contributed by atoms with Crippen molar-refractivity contribution >= 4 is 17.1 Å². The lowest BCUT2D eigenvalue weighted by Gasteiger charge is -2.31. The highest BCUT2D eigenvalue weighted by atomic mass is 32.1. The average molecular weight is 315 g/mol. The summed E-state index contributed by atoms with van der Waals surface area (Å²) in [5.41, 5.74) is 1.77. The van der Waals surface area contributed by atoms with Crippen LogP contribution in [0.4, 0.5) is 0 Å². The first-order valence-corrected chi connectivity index (χ1v) is 8.69. The molecule has 0 N–H and O–H groups in total. The predicted octanol–water partition coefficient (Wildman–Crippen LogP) is 2.98. The van der Waals surface area contributed by atoms with Crippen LogP contribution in [0.3, 0.4) is 0 Å². The molecular weight excluding hydrogens is 294 g/mol. The number of nitrogens with zero attached hydrogens (tertiary/aromatic N) is 3. The van der Waals surface area contributed by atoms with Gasteiger partial charge in [-0.1, -0.05) is 6.07 Å². The third kappa shape index (κ3) is 3.78. The summed E-state index contributed by atoms with van der Waals surface area (Å²) in [5, 5.41) is 3.26. The Morgan fingerprint density at radius 2 is 2.36 bits per heavy atom. The number of carbonyl (C=O) groups is 1. The van der Waals surface area contributed by atoms with Crippen LogP contribution in [0, 0.1) is 12.8 Å². The summed E-state index contributed by atoms with van der Waals surface area (Å²) in [6, 6.07) is 5.55. The summed E-state index contributed by atoms with van der Waals surface area (Å²) in [7, 11) is 0. The Kier molecular flexibility index (Phi) is 4.95. The largest absolute Gasteiger partial charge is 0.302 e. The highest BCUT2D eigenvalue weighted by Gasteiger charge is 2.27. The van der Waals surface area contributed by atoms with Gasteiger partial charge in [0, 0.05) is 37.0 Å². The molecule has 0 spiro atoms. The number of likely N-dealkylation sites (tertiary alicyclic amines) is 1. The summed E-state index contributed by atoms with van der Waals surface area (Å²) in [6.07, 6.45) is 4.72. The molecule has 2 aromatic heterocycles. The number of aromatic nitrogens is 2. The minimum Gasteiger partial charge on any atom is -0.302 e. The topological polar surface area (TPSA) is 46.1 Å². The Morgan fingerprint density at radius 3 is 3.09 bits per heavy atom. The number of carbonyl (C=O) groups excluding carboxylic acids is 1. The van der Waals surface area contributed by atoms with Gasteiger partial charge in [0.25, 0.3) is 0 Å². The lowest BCUT2D eigenvalue weighted by atomic mass is 9.92. The summed E-state index contributed by atoms with van der Waals surface area (Å²) in [4.78, 5) is 23.6. The molecule has 3 rings (SSSR count). The minimum atomic E-state index is 0.0841. The molecule has 0 amide bonds. The molecule has 0 aromatic carbocycles. The maximum atomic E-state index is 12.5. The zero-order valence-electron chi connectivity index (χ0n) is 12.9. The average Bonchev–Trinajstić information content (AvgIpc) is 2.99. The second-order valence-corrected chi connectivity index (χ2v) is 6.89. The molecule has 4 nitrogen and oxygen atoms in total. The van der Waals surface area contributed by atoms with E-state index in [-0.39, 0.29) is 11.7 Å². The van der Waals surface area contributed by atoms with E-state index in [0.717, 1.165) is 43.9 Å². The van der Waals surface area contributed by atoms with Gasteiger partial charge in [-0.3, -0.25) is 9.78 Å². The van der Waals surface area contributed by atoms with Crippen LogP contribution in [-0.2, 0) is 6.42 Å². The van der Waals surface area contributed by atoms with Crippen molar-refractivity contribution in [1.29, 1.82) is 0 Å². The summed E-state index contributed by atoms with van der Waals surface area (Å²) >= 11 is 1.70. The lowest BCUT2D eigenvalue weighted by Crippen LogP contribution is -2.39. The molecule has 2 aromatic rings. The van der Waals surface area contributed by atoms with Crippen LogP contribution in [0.15, 0.2) is 29.8 Å². The number of Topliss-reactive ketones (excluding diaryl/α,β-unsaturated/α-hetero) is 1. The smallest absolute Gasteiger partial charge is 0.185 e. The standard InChI is InChI=1S/C17H21N3OS/c1-13-19-15(12-22-13)7-10-20-9-4-5-14(11-20)17(21)16-6-2-3-8-18-16/h2-3,6,8,12,14H,4-5,7,9-11H2,1H3/t14-/m0/s1. The monoisotopic (exact) mass is 315 g/mol. The van der Waals surface area contributed by atoms with Crippen molar-refractivity contribution < 1.29 is 4.79 Å². The predicted molar refractivity (Wildman–Crippen MR) is 88.3 cm³/mol. The minimum absolute atomic E-state index is 0.0841. The van der Waals surface area contributed by atoms with Gasteiger partial charge in [0.1, 0.15) is 5.69 Å². The fourth-order valence-corrected chi connectivity index (χ4v) is 3.63. The molecule has 0 saturated carbocycles. The SMILES string of the molecule is Cc1nc(CCN2CCC[C@H](C(=O)c3ccccn3)C2)cs1. The lowest BCUT2D eigenvalue weighted by molar-refractivity contribution is 0.0816. The maximum Gasteiger partial charge on any atom is 0.185 e. The maximum absolute atomic E-state index is 12.5. The molecule has 0 aliphatic carbocycles. The van der Waals surface area contributed by atoms with E-state index >= 15 is 0 Å². The van der Waals surface area contributed by atoms with Crippen LogP contribution in [-0.4, -0.2) is 40.3 Å². The van der Waals surface area contributed by atoms with Gasteiger partial charge in [-0.25, -0.2) is 4.98 Å². The molecule has 0 unspecified atom stereocenters. The number of ketones is 1. The molecule has 1 atom stereocenters. The van der Waals surface area contributed by atoms with Crippen molar-refractivity contribution in [3.63, 3.8) is 0 Å². The third-order valence-corrected chi connectivity index (χ3v) is 4.97. The zero-order chi connectivity index (χ0) is 15.4. The van der Waals surface area contributed by atoms with Gasteiger partial charge >= 0.3 is 0 Å². The van der Waals surface area contributed by atoms with Crippen LogP contribution >= 0.6 is 11.3 Å². The molecule has 116 valence electrons. The Balaban J connectivity index is 1.56. The normalized spacial score (nSPS) is 19.2. The molecule has 0 radical (unpaired) electrons. The van der Waals surface area contributed by atoms with Crippen LogP contribution in [0.5, 0.6) is 0 Å². The third-order valence-electron chi connectivity index (χ3n) is 4.14. The van der Waals surface area contributed by atoms with Crippen LogP contribution < -0.4 is 0 Å². The quantitative estimate of drug-likeness (QED) is 0.796. The number of aryl methyl sites for hydroxylation is 1. The number of thiazole rings is 1. The van der Waals surface area contributed by atoms with Gasteiger partial charge in [0.05, 0.1) is 10.7 Å². The molecule has 1 aliphatic heterocycles. The van der Waals surface area contributed by atoms with Crippen LogP contribution in [0.2, 0.25) is 0 Å². The summed E-state index contributed by atoms with van der Waals surface area (Å²) < 4.78 is 0. The van der Waals surface area contributed by atoms with Gasteiger partial charge < -0.3 is 4.90 Å². The Hall–Kier alpha value is -1.59. The number of piperidine rings is 1. The van der Waals surface area contributed by atoms with E-state index in [1.165, 1.54) is 5.69 Å². The number of hydrogen-bond acceptors (Lipinski definition) is 5. The summed E-state index contributed by atoms with van der Waals surface area (Å²) in [6.45, 7) is 4.94.